The number of hydrogen-bond donors (Lipinski definition) is 1. The van der Waals surface area contributed by atoms with Crippen molar-refractivity contribution >= 4 is 11.8 Å². The average molecular weight is 156 g/mol. The van der Waals surface area contributed by atoms with Crippen LogP contribution in [0.25, 0.3) is 0 Å². The third-order valence-corrected chi connectivity index (χ3v) is 1.97. The third kappa shape index (κ3) is 1.34. The number of likely N-dealkylation sites (N-methyl/N-ethyl adjacent to an activating group) is 1. The van der Waals surface area contributed by atoms with Crippen LogP contribution in [0, 0.1) is 0 Å². The summed E-state index contributed by atoms with van der Waals surface area (Å²) in [5.41, 5.74) is 0. The summed E-state index contributed by atoms with van der Waals surface area (Å²) >= 11 is 0. The molecule has 1 fully saturated rings. The standard InChI is InChI=1S/C7H12N2O2/c1-5(10)9-4-3-6(9)7(11)8-2/h6H,3-4H2,1-2H3,(H,8,11). The van der Waals surface area contributed by atoms with Crippen LogP contribution in [0.1, 0.15) is 13.3 Å². The lowest BCUT2D eigenvalue weighted by molar-refractivity contribution is -0.145. The summed E-state index contributed by atoms with van der Waals surface area (Å²) in [4.78, 5) is 23.4. The normalized spacial score (nSPS) is 22.4. The lowest BCUT2D eigenvalue weighted by atomic mass is 10.0. The maximum absolute atomic E-state index is 11.0. The average Bonchev–Trinajstić information content (AvgIpc) is 1.83. The molecule has 0 aliphatic carbocycles. The van der Waals surface area contributed by atoms with Gasteiger partial charge in [-0.1, -0.05) is 0 Å². The molecule has 0 bridgehead atoms. The van der Waals surface area contributed by atoms with E-state index >= 15 is 0 Å². The van der Waals surface area contributed by atoms with E-state index in [9.17, 15) is 9.59 Å². The van der Waals surface area contributed by atoms with Gasteiger partial charge >= 0.3 is 0 Å². The van der Waals surface area contributed by atoms with Crippen molar-refractivity contribution in [3.63, 3.8) is 0 Å². The van der Waals surface area contributed by atoms with Crippen molar-refractivity contribution < 1.29 is 9.59 Å². The quantitative estimate of drug-likeness (QED) is 0.548. The van der Waals surface area contributed by atoms with Crippen LogP contribution in [0.5, 0.6) is 0 Å². The number of nitrogens with zero attached hydrogens (tertiary/aromatic N) is 1. The van der Waals surface area contributed by atoms with Gasteiger partial charge in [0.2, 0.25) is 11.8 Å². The fraction of sp³-hybridized carbons (Fsp3) is 0.714. The van der Waals surface area contributed by atoms with Gasteiger partial charge in [-0.3, -0.25) is 9.59 Å². The molecule has 0 aromatic heterocycles. The highest BCUT2D eigenvalue weighted by Gasteiger charge is 2.34. The molecule has 0 aromatic carbocycles. The van der Waals surface area contributed by atoms with Gasteiger partial charge in [0, 0.05) is 20.5 Å². The van der Waals surface area contributed by atoms with Crippen LogP contribution in [-0.2, 0) is 9.59 Å². The van der Waals surface area contributed by atoms with Crippen molar-refractivity contribution in [1.82, 2.24) is 10.2 Å². The molecule has 1 N–H and O–H groups in total. The molecule has 4 heteroatoms. The van der Waals surface area contributed by atoms with Crippen molar-refractivity contribution in [3.05, 3.63) is 0 Å². The minimum Gasteiger partial charge on any atom is -0.357 e. The van der Waals surface area contributed by atoms with Crippen molar-refractivity contribution in [2.45, 2.75) is 19.4 Å². The molecule has 4 nitrogen and oxygen atoms in total. The molecule has 0 saturated carbocycles. The Morgan fingerprint density at radius 2 is 2.18 bits per heavy atom. The number of nitrogens with one attached hydrogen (secondary N) is 1. The Kier molecular flexibility index (Phi) is 2.12. The van der Waals surface area contributed by atoms with E-state index in [2.05, 4.69) is 5.32 Å². The maximum atomic E-state index is 11.0. The van der Waals surface area contributed by atoms with Crippen LogP contribution in [-0.4, -0.2) is 36.3 Å². The fourth-order valence-electron chi connectivity index (χ4n) is 1.20. The molecule has 1 rings (SSSR count). The maximum Gasteiger partial charge on any atom is 0.242 e. The first-order chi connectivity index (χ1) is 5.16. The van der Waals surface area contributed by atoms with Gasteiger partial charge in [0.1, 0.15) is 6.04 Å². The zero-order valence-electron chi connectivity index (χ0n) is 6.76. The van der Waals surface area contributed by atoms with E-state index in [1.807, 2.05) is 0 Å². The van der Waals surface area contributed by atoms with E-state index in [0.717, 1.165) is 6.42 Å². The van der Waals surface area contributed by atoms with E-state index in [1.165, 1.54) is 6.92 Å². The fourth-order valence-corrected chi connectivity index (χ4v) is 1.20. The molecule has 1 atom stereocenters. The highest BCUT2D eigenvalue weighted by atomic mass is 16.2. The lowest BCUT2D eigenvalue weighted by Gasteiger charge is -2.38. The SMILES string of the molecule is CNC(=O)C1CCN1C(C)=O. The summed E-state index contributed by atoms with van der Waals surface area (Å²) in [6.07, 6.45) is 0.791. The van der Waals surface area contributed by atoms with Gasteiger partial charge in [0.15, 0.2) is 0 Å². The number of carbonyl (C=O) groups excluding carboxylic acids is 2. The molecular formula is C7H12N2O2. The van der Waals surface area contributed by atoms with Gasteiger partial charge in [-0.2, -0.15) is 0 Å². The molecule has 1 saturated heterocycles. The lowest BCUT2D eigenvalue weighted by Crippen LogP contribution is -2.57. The van der Waals surface area contributed by atoms with E-state index in [1.54, 1.807) is 11.9 Å². The number of likely N-dealkylation sites (tertiary alicyclic amines) is 1. The first-order valence-electron chi connectivity index (χ1n) is 3.65. The molecule has 0 aromatic rings. The third-order valence-electron chi connectivity index (χ3n) is 1.97. The summed E-state index contributed by atoms with van der Waals surface area (Å²) in [5.74, 6) is -0.0868. The molecule has 62 valence electrons. The molecule has 1 aliphatic heterocycles. The predicted octanol–water partition coefficient (Wildman–Crippen LogP) is -0.647. The number of amides is 2. The van der Waals surface area contributed by atoms with E-state index in [4.69, 9.17) is 0 Å². The highest BCUT2D eigenvalue weighted by molar-refractivity contribution is 5.88. The molecule has 0 radical (unpaired) electrons. The predicted molar refractivity (Wildman–Crippen MR) is 39.9 cm³/mol. The van der Waals surface area contributed by atoms with Gasteiger partial charge in [0.25, 0.3) is 0 Å². The molecule has 2 amide bonds. The molecule has 0 spiro atoms. The molecule has 1 heterocycles. The largest absolute Gasteiger partial charge is 0.357 e. The minimum atomic E-state index is -0.211. The molecule has 1 aliphatic rings. The van der Waals surface area contributed by atoms with Gasteiger partial charge in [-0.15, -0.1) is 0 Å². The summed E-state index contributed by atoms with van der Waals surface area (Å²) < 4.78 is 0. The second kappa shape index (κ2) is 2.90. The van der Waals surface area contributed by atoms with Crippen LogP contribution >= 0.6 is 0 Å². The molecule has 11 heavy (non-hydrogen) atoms. The summed E-state index contributed by atoms with van der Waals surface area (Å²) in [6, 6.07) is -0.211. The van der Waals surface area contributed by atoms with E-state index in [0.29, 0.717) is 6.54 Å². The Bertz CT molecular complexity index is 191. The van der Waals surface area contributed by atoms with Crippen molar-refractivity contribution in [2.75, 3.05) is 13.6 Å². The van der Waals surface area contributed by atoms with Crippen molar-refractivity contribution in [1.29, 1.82) is 0 Å². The zero-order chi connectivity index (χ0) is 8.43. The monoisotopic (exact) mass is 156 g/mol. The Morgan fingerprint density at radius 3 is 2.45 bits per heavy atom. The van der Waals surface area contributed by atoms with Gasteiger partial charge in [0.05, 0.1) is 0 Å². The second-order valence-corrected chi connectivity index (χ2v) is 2.63. The Balaban J connectivity index is 2.49. The van der Waals surface area contributed by atoms with Crippen LogP contribution < -0.4 is 5.32 Å². The number of hydrogen-bond acceptors (Lipinski definition) is 2. The van der Waals surface area contributed by atoms with E-state index < -0.39 is 0 Å². The Labute approximate surface area is 65.6 Å². The Morgan fingerprint density at radius 1 is 1.55 bits per heavy atom. The van der Waals surface area contributed by atoms with Crippen LogP contribution in [0.2, 0.25) is 0 Å². The number of rotatable bonds is 1. The van der Waals surface area contributed by atoms with Crippen LogP contribution in [0.4, 0.5) is 0 Å². The second-order valence-electron chi connectivity index (χ2n) is 2.63. The van der Waals surface area contributed by atoms with E-state index in [-0.39, 0.29) is 17.9 Å². The van der Waals surface area contributed by atoms with Crippen molar-refractivity contribution in [2.24, 2.45) is 0 Å². The van der Waals surface area contributed by atoms with Gasteiger partial charge in [-0.05, 0) is 6.42 Å². The molecular weight excluding hydrogens is 144 g/mol. The summed E-state index contributed by atoms with van der Waals surface area (Å²) in [7, 11) is 1.58. The van der Waals surface area contributed by atoms with Crippen LogP contribution in [0.3, 0.4) is 0 Å². The highest BCUT2D eigenvalue weighted by Crippen LogP contribution is 2.16. The van der Waals surface area contributed by atoms with Crippen LogP contribution in [0.15, 0.2) is 0 Å². The van der Waals surface area contributed by atoms with Gasteiger partial charge < -0.3 is 10.2 Å². The van der Waals surface area contributed by atoms with Crippen molar-refractivity contribution in [3.8, 4) is 0 Å². The Hall–Kier alpha value is -1.06. The molecule has 1 unspecified atom stereocenters. The first-order valence-corrected chi connectivity index (χ1v) is 3.65. The van der Waals surface area contributed by atoms with Gasteiger partial charge in [-0.25, -0.2) is 0 Å². The minimum absolute atomic E-state index is 0.0233. The summed E-state index contributed by atoms with van der Waals surface area (Å²) in [5, 5.41) is 2.52. The zero-order valence-corrected chi connectivity index (χ0v) is 6.76. The topological polar surface area (TPSA) is 49.4 Å². The smallest absolute Gasteiger partial charge is 0.242 e. The number of carbonyl (C=O) groups is 2. The first kappa shape index (κ1) is 8.04. The summed E-state index contributed by atoms with van der Waals surface area (Å²) in [6.45, 7) is 2.20.